The Labute approximate surface area is 158 Å². The second-order valence-electron chi connectivity index (χ2n) is 6.11. The summed E-state index contributed by atoms with van der Waals surface area (Å²) >= 11 is 0. The number of methoxy groups -OCH3 is 1. The van der Waals surface area contributed by atoms with Gasteiger partial charge in [-0.05, 0) is 42.3 Å². The molecule has 138 valence electrons. The number of amides is 1. The molecule has 1 atom stereocenters. The van der Waals surface area contributed by atoms with Gasteiger partial charge >= 0.3 is 0 Å². The maximum atomic E-state index is 12.2. The van der Waals surface area contributed by atoms with E-state index in [0.29, 0.717) is 12.4 Å². The summed E-state index contributed by atoms with van der Waals surface area (Å²) in [5.74, 6) is 1.14. The normalized spacial score (nSPS) is 11.5. The van der Waals surface area contributed by atoms with Crippen molar-refractivity contribution in [3.05, 3.63) is 83.6 Å². The van der Waals surface area contributed by atoms with Crippen LogP contribution >= 0.6 is 0 Å². The molecule has 0 spiro atoms. The lowest BCUT2D eigenvalue weighted by Gasteiger charge is -2.14. The molecule has 0 saturated heterocycles. The van der Waals surface area contributed by atoms with E-state index in [1.807, 2.05) is 61.5 Å². The summed E-state index contributed by atoms with van der Waals surface area (Å²) in [7, 11) is 1.62. The Hall–Kier alpha value is -3.41. The third-order valence-corrected chi connectivity index (χ3v) is 4.17. The number of aromatic nitrogens is 2. The van der Waals surface area contributed by atoms with Crippen molar-refractivity contribution in [1.82, 2.24) is 15.5 Å². The first-order valence-electron chi connectivity index (χ1n) is 8.72. The highest BCUT2D eigenvalue weighted by Crippen LogP contribution is 2.17. The molecule has 0 saturated carbocycles. The number of ether oxygens (including phenoxy) is 1. The molecule has 0 aliphatic heterocycles. The molecule has 1 aromatic heterocycles. The predicted octanol–water partition coefficient (Wildman–Crippen LogP) is 3.59. The fourth-order valence-electron chi connectivity index (χ4n) is 2.59. The van der Waals surface area contributed by atoms with Gasteiger partial charge in [0, 0.05) is 12.6 Å². The Morgan fingerprint density at radius 1 is 1.00 bits per heavy atom. The van der Waals surface area contributed by atoms with Gasteiger partial charge in [-0.3, -0.25) is 4.79 Å². The van der Waals surface area contributed by atoms with E-state index in [1.54, 1.807) is 19.2 Å². The maximum absolute atomic E-state index is 12.2. The van der Waals surface area contributed by atoms with E-state index in [4.69, 9.17) is 4.74 Å². The van der Waals surface area contributed by atoms with Gasteiger partial charge in [-0.25, -0.2) is 0 Å². The molecule has 27 heavy (non-hydrogen) atoms. The first-order valence-corrected chi connectivity index (χ1v) is 8.72. The second-order valence-corrected chi connectivity index (χ2v) is 6.11. The number of carbonyl (C=O) groups excluding carboxylic acids is 1. The van der Waals surface area contributed by atoms with Crippen molar-refractivity contribution >= 4 is 11.7 Å². The Kier molecular flexibility index (Phi) is 5.99. The molecular formula is C21H22N4O2. The monoisotopic (exact) mass is 362 g/mol. The molecule has 0 aliphatic carbocycles. The maximum Gasteiger partial charge on any atom is 0.272 e. The summed E-state index contributed by atoms with van der Waals surface area (Å²) in [6.07, 6.45) is 0. The van der Waals surface area contributed by atoms with Gasteiger partial charge < -0.3 is 15.4 Å². The number of nitrogens with zero attached hydrogens (tertiary/aromatic N) is 2. The van der Waals surface area contributed by atoms with Gasteiger partial charge in [-0.2, -0.15) is 0 Å². The largest absolute Gasteiger partial charge is 0.497 e. The Morgan fingerprint density at radius 2 is 1.74 bits per heavy atom. The van der Waals surface area contributed by atoms with E-state index in [1.165, 1.54) is 0 Å². The van der Waals surface area contributed by atoms with E-state index in [-0.39, 0.29) is 17.6 Å². The van der Waals surface area contributed by atoms with E-state index in [0.717, 1.165) is 16.9 Å². The van der Waals surface area contributed by atoms with Gasteiger partial charge in [0.1, 0.15) is 11.6 Å². The minimum absolute atomic E-state index is 0.0928. The highest BCUT2D eigenvalue weighted by Gasteiger charge is 2.10. The topological polar surface area (TPSA) is 76.1 Å². The number of carbonyl (C=O) groups is 1. The number of hydrogen-bond acceptors (Lipinski definition) is 5. The molecule has 1 unspecified atom stereocenters. The third-order valence-electron chi connectivity index (χ3n) is 4.17. The second kappa shape index (κ2) is 8.80. The van der Waals surface area contributed by atoms with Crippen molar-refractivity contribution in [2.24, 2.45) is 0 Å². The molecule has 0 bridgehead atoms. The van der Waals surface area contributed by atoms with E-state index in [2.05, 4.69) is 20.8 Å². The first-order chi connectivity index (χ1) is 13.2. The summed E-state index contributed by atoms with van der Waals surface area (Å²) in [4.78, 5) is 12.2. The zero-order valence-electron chi connectivity index (χ0n) is 15.3. The molecular weight excluding hydrogens is 340 g/mol. The number of nitrogens with one attached hydrogen (secondary N) is 2. The zero-order valence-corrected chi connectivity index (χ0v) is 15.3. The lowest BCUT2D eigenvalue weighted by atomic mass is 10.1. The highest BCUT2D eigenvalue weighted by molar-refractivity contribution is 5.92. The van der Waals surface area contributed by atoms with Gasteiger partial charge in [-0.15, -0.1) is 10.2 Å². The lowest BCUT2D eigenvalue weighted by molar-refractivity contribution is 0.0945. The Bertz CT molecular complexity index is 865. The summed E-state index contributed by atoms with van der Waals surface area (Å²) < 4.78 is 5.12. The van der Waals surface area contributed by atoms with Crippen LogP contribution in [0, 0.1) is 0 Å². The number of anilines is 1. The SMILES string of the molecule is COc1ccc(CNC(=O)c2ccc(NC(C)c3ccccc3)nn2)cc1. The average molecular weight is 362 g/mol. The zero-order chi connectivity index (χ0) is 19.1. The molecule has 3 rings (SSSR count). The third kappa shape index (κ3) is 5.04. The van der Waals surface area contributed by atoms with Crippen LogP contribution in [0.1, 0.15) is 34.6 Å². The predicted molar refractivity (Wildman–Crippen MR) is 105 cm³/mol. The molecule has 0 aliphatic rings. The van der Waals surface area contributed by atoms with E-state index >= 15 is 0 Å². The van der Waals surface area contributed by atoms with Crippen molar-refractivity contribution in [3.8, 4) is 5.75 Å². The van der Waals surface area contributed by atoms with Crippen LogP contribution in [0.25, 0.3) is 0 Å². The van der Waals surface area contributed by atoms with Crippen molar-refractivity contribution < 1.29 is 9.53 Å². The standard InChI is InChI=1S/C21H22N4O2/c1-15(17-6-4-3-5-7-17)23-20-13-12-19(24-25-20)21(26)22-14-16-8-10-18(27-2)11-9-16/h3-13,15H,14H2,1-2H3,(H,22,26)(H,23,25). The van der Waals surface area contributed by atoms with Crippen LogP contribution < -0.4 is 15.4 Å². The molecule has 6 heteroatoms. The van der Waals surface area contributed by atoms with Gasteiger partial charge in [0.05, 0.1) is 7.11 Å². The molecule has 1 amide bonds. The van der Waals surface area contributed by atoms with Crippen LogP contribution in [0.5, 0.6) is 5.75 Å². The summed E-state index contributed by atoms with van der Waals surface area (Å²) in [6.45, 7) is 2.46. The lowest BCUT2D eigenvalue weighted by Crippen LogP contribution is -2.24. The number of rotatable bonds is 7. The molecule has 2 aromatic carbocycles. The summed E-state index contributed by atoms with van der Waals surface area (Å²) in [5, 5.41) is 14.2. The van der Waals surface area contributed by atoms with E-state index < -0.39 is 0 Å². The molecule has 2 N–H and O–H groups in total. The molecule has 0 radical (unpaired) electrons. The fraction of sp³-hybridized carbons (Fsp3) is 0.190. The van der Waals surface area contributed by atoms with Gasteiger partial charge in [0.25, 0.3) is 5.91 Å². The minimum atomic E-state index is -0.263. The van der Waals surface area contributed by atoms with Gasteiger partial charge in [0.2, 0.25) is 0 Å². The molecule has 6 nitrogen and oxygen atoms in total. The van der Waals surface area contributed by atoms with Crippen LogP contribution in [0.4, 0.5) is 5.82 Å². The van der Waals surface area contributed by atoms with Crippen LogP contribution in [-0.4, -0.2) is 23.2 Å². The van der Waals surface area contributed by atoms with Gasteiger partial charge in [-0.1, -0.05) is 42.5 Å². The summed E-state index contributed by atoms with van der Waals surface area (Å²) in [5.41, 5.74) is 2.41. The first kappa shape index (κ1) is 18.4. The van der Waals surface area contributed by atoms with Crippen LogP contribution in [0.15, 0.2) is 66.7 Å². The Morgan fingerprint density at radius 3 is 2.37 bits per heavy atom. The highest BCUT2D eigenvalue weighted by atomic mass is 16.5. The average Bonchev–Trinajstić information content (AvgIpc) is 2.73. The minimum Gasteiger partial charge on any atom is -0.497 e. The fourth-order valence-corrected chi connectivity index (χ4v) is 2.59. The number of benzene rings is 2. The van der Waals surface area contributed by atoms with Crippen molar-refractivity contribution in [1.29, 1.82) is 0 Å². The van der Waals surface area contributed by atoms with E-state index in [9.17, 15) is 4.79 Å². The molecule has 0 fully saturated rings. The van der Waals surface area contributed by atoms with Crippen molar-refractivity contribution in [3.63, 3.8) is 0 Å². The van der Waals surface area contributed by atoms with Crippen LogP contribution in [0.3, 0.4) is 0 Å². The van der Waals surface area contributed by atoms with Crippen LogP contribution in [0.2, 0.25) is 0 Å². The quantitative estimate of drug-likeness (QED) is 0.672. The van der Waals surface area contributed by atoms with Crippen molar-refractivity contribution in [2.45, 2.75) is 19.5 Å². The van der Waals surface area contributed by atoms with Gasteiger partial charge in [0.15, 0.2) is 5.69 Å². The summed E-state index contributed by atoms with van der Waals surface area (Å²) in [6, 6.07) is 21.1. The number of hydrogen-bond donors (Lipinski definition) is 2. The molecule has 3 aromatic rings. The Balaban J connectivity index is 1.55. The van der Waals surface area contributed by atoms with Crippen molar-refractivity contribution in [2.75, 3.05) is 12.4 Å². The molecule has 1 heterocycles. The van der Waals surface area contributed by atoms with Crippen LogP contribution in [-0.2, 0) is 6.54 Å². The smallest absolute Gasteiger partial charge is 0.272 e.